The molecule has 7 heteroatoms. The highest BCUT2D eigenvalue weighted by Gasteiger charge is 2.35. The van der Waals surface area contributed by atoms with Crippen LogP contribution in [0.1, 0.15) is 46.5 Å². The van der Waals surface area contributed by atoms with Crippen molar-refractivity contribution in [2.75, 3.05) is 19.6 Å². The van der Waals surface area contributed by atoms with Crippen LogP contribution in [0.15, 0.2) is 64.9 Å². The van der Waals surface area contributed by atoms with E-state index in [2.05, 4.69) is 30.5 Å². The molecule has 0 N–H and O–H groups in total. The molecule has 0 radical (unpaired) electrons. The van der Waals surface area contributed by atoms with E-state index in [0.29, 0.717) is 19.5 Å². The van der Waals surface area contributed by atoms with Gasteiger partial charge in [0.25, 0.3) is 0 Å². The third-order valence-corrected chi connectivity index (χ3v) is 9.07. The lowest BCUT2D eigenvalue weighted by Gasteiger charge is -2.38. The summed E-state index contributed by atoms with van der Waals surface area (Å²) in [7, 11) is -3.77. The fourth-order valence-electron chi connectivity index (χ4n) is 4.45. The van der Waals surface area contributed by atoms with E-state index in [-0.39, 0.29) is 23.4 Å². The highest BCUT2D eigenvalue weighted by Crippen LogP contribution is 2.39. The van der Waals surface area contributed by atoms with Crippen molar-refractivity contribution in [2.45, 2.75) is 44.6 Å². The Labute approximate surface area is 200 Å². The van der Waals surface area contributed by atoms with E-state index >= 15 is 0 Å². The second-order valence-corrected chi connectivity index (χ2v) is 11.5. The van der Waals surface area contributed by atoms with Crippen LogP contribution < -0.4 is 0 Å². The SMILES string of the molecule is CCCN(CC(=O)N1CCc2sccc2C1c1ccccc1C)S(=O)(=O)c1ccc(C)cc1. The molecule has 1 amide bonds. The van der Waals surface area contributed by atoms with Gasteiger partial charge in [-0.05, 0) is 67.0 Å². The van der Waals surface area contributed by atoms with Gasteiger partial charge in [-0.15, -0.1) is 11.3 Å². The summed E-state index contributed by atoms with van der Waals surface area (Å²) >= 11 is 1.72. The van der Waals surface area contributed by atoms with E-state index in [0.717, 1.165) is 28.7 Å². The zero-order valence-electron chi connectivity index (χ0n) is 19.3. The molecule has 33 heavy (non-hydrogen) atoms. The van der Waals surface area contributed by atoms with E-state index in [1.54, 1.807) is 35.6 Å². The van der Waals surface area contributed by atoms with Crippen LogP contribution in [-0.4, -0.2) is 43.2 Å². The van der Waals surface area contributed by atoms with Gasteiger partial charge in [0.1, 0.15) is 0 Å². The third-order valence-electron chi connectivity index (χ3n) is 6.21. The van der Waals surface area contributed by atoms with Crippen molar-refractivity contribution in [3.8, 4) is 0 Å². The average Bonchev–Trinajstić information content (AvgIpc) is 3.28. The van der Waals surface area contributed by atoms with E-state index in [1.807, 2.05) is 30.9 Å². The zero-order valence-corrected chi connectivity index (χ0v) is 21.0. The van der Waals surface area contributed by atoms with Gasteiger partial charge >= 0.3 is 0 Å². The van der Waals surface area contributed by atoms with Crippen molar-refractivity contribution in [3.63, 3.8) is 0 Å². The zero-order chi connectivity index (χ0) is 23.6. The number of rotatable bonds is 7. The predicted octanol–water partition coefficient (Wildman–Crippen LogP) is 4.94. The second kappa shape index (κ2) is 9.79. The average molecular weight is 483 g/mol. The number of aryl methyl sites for hydroxylation is 2. The summed E-state index contributed by atoms with van der Waals surface area (Å²) in [6.45, 7) is 6.63. The summed E-state index contributed by atoms with van der Waals surface area (Å²) in [5, 5.41) is 2.08. The van der Waals surface area contributed by atoms with Gasteiger partial charge in [0.15, 0.2) is 0 Å². The number of fused-ring (bicyclic) bond motifs is 1. The Morgan fingerprint density at radius 1 is 1.06 bits per heavy atom. The van der Waals surface area contributed by atoms with Crippen molar-refractivity contribution < 1.29 is 13.2 Å². The van der Waals surface area contributed by atoms with Crippen LogP contribution in [0.5, 0.6) is 0 Å². The molecular formula is C26H30N2O3S2. The van der Waals surface area contributed by atoms with Crippen LogP contribution in [0.4, 0.5) is 0 Å². The number of nitrogens with zero attached hydrogens (tertiary/aromatic N) is 2. The van der Waals surface area contributed by atoms with Crippen LogP contribution in [0.2, 0.25) is 0 Å². The van der Waals surface area contributed by atoms with Crippen LogP contribution in [0.25, 0.3) is 0 Å². The fourth-order valence-corrected chi connectivity index (χ4v) is 6.83. The summed E-state index contributed by atoms with van der Waals surface area (Å²) in [6.07, 6.45) is 1.42. The van der Waals surface area contributed by atoms with E-state index in [4.69, 9.17) is 0 Å². The third kappa shape index (κ3) is 4.76. The summed E-state index contributed by atoms with van der Waals surface area (Å²) < 4.78 is 28.1. The van der Waals surface area contributed by atoms with Crippen LogP contribution >= 0.6 is 11.3 Å². The minimum Gasteiger partial charge on any atom is -0.330 e. The molecule has 0 spiro atoms. The molecule has 0 saturated carbocycles. The first-order valence-electron chi connectivity index (χ1n) is 11.3. The van der Waals surface area contributed by atoms with Crippen molar-refractivity contribution in [1.82, 2.24) is 9.21 Å². The van der Waals surface area contributed by atoms with Gasteiger partial charge < -0.3 is 4.90 Å². The van der Waals surface area contributed by atoms with Crippen LogP contribution in [0, 0.1) is 13.8 Å². The van der Waals surface area contributed by atoms with Gasteiger partial charge in [-0.3, -0.25) is 4.79 Å². The summed E-state index contributed by atoms with van der Waals surface area (Å²) in [5.74, 6) is -0.163. The Kier molecular flexibility index (Phi) is 7.02. The van der Waals surface area contributed by atoms with Crippen molar-refractivity contribution >= 4 is 27.3 Å². The Hall–Kier alpha value is -2.48. The summed E-state index contributed by atoms with van der Waals surface area (Å²) in [5.41, 5.74) is 4.36. The van der Waals surface area contributed by atoms with E-state index < -0.39 is 10.0 Å². The number of thiophene rings is 1. The molecule has 174 valence electrons. The molecule has 2 aromatic carbocycles. The molecular weight excluding hydrogens is 452 g/mol. The number of benzene rings is 2. The number of carbonyl (C=O) groups excluding carboxylic acids is 1. The molecule has 2 heterocycles. The second-order valence-electron chi connectivity index (χ2n) is 8.55. The number of hydrogen-bond donors (Lipinski definition) is 0. The maximum atomic E-state index is 13.7. The van der Waals surface area contributed by atoms with Gasteiger partial charge in [0.05, 0.1) is 17.5 Å². The number of hydrogen-bond acceptors (Lipinski definition) is 4. The minimum absolute atomic E-state index is 0.161. The molecule has 0 aliphatic carbocycles. The summed E-state index contributed by atoms with van der Waals surface area (Å²) in [4.78, 5) is 17.1. The van der Waals surface area contributed by atoms with Gasteiger partial charge in [-0.1, -0.05) is 48.9 Å². The number of amides is 1. The van der Waals surface area contributed by atoms with Crippen LogP contribution in [0.3, 0.4) is 0 Å². The largest absolute Gasteiger partial charge is 0.330 e. The molecule has 0 saturated heterocycles. The van der Waals surface area contributed by atoms with E-state index in [9.17, 15) is 13.2 Å². The molecule has 0 fully saturated rings. The van der Waals surface area contributed by atoms with E-state index in [1.165, 1.54) is 9.18 Å². The maximum absolute atomic E-state index is 13.7. The standard InChI is InChI=1S/C26H30N2O3S2/c1-4-15-27(33(30,31)21-11-9-19(2)10-12-21)18-25(29)28-16-13-24-23(14-17-32-24)26(28)22-8-6-5-7-20(22)3/h5-12,14,17,26H,4,13,15-16,18H2,1-3H3. The molecule has 1 aliphatic rings. The van der Waals surface area contributed by atoms with Gasteiger partial charge in [-0.25, -0.2) is 8.42 Å². The lowest BCUT2D eigenvalue weighted by atomic mass is 9.90. The minimum atomic E-state index is -3.77. The fraction of sp³-hybridized carbons (Fsp3) is 0.346. The highest BCUT2D eigenvalue weighted by molar-refractivity contribution is 7.89. The number of carbonyl (C=O) groups is 1. The van der Waals surface area contributed by atoms with Gasteiger partial charge in [0.2, 0.25) is 15.9 Å². The molecule has 1 aliphatic heterocycles. The first kappa shape index (κ1) is 23.7. The summed E-state index contributed by atoms with van der Waals surface area (Å²) in [6, 6.07) is 16.8. The molecule has 0 bridgehead atoms. The molecule has 1 unspecified atom stereocenters. The first-order valence-corrected chi connectivity index (χ1v) is 13.6. The molecule has 1 atom stereocenters. The van der Waals surface area contributed by atoms with Crippen molar-refractivity contribution in [2.24, 2.45) is 0 Å². The predicted molar refractivity (Wildman–Crippen MR) is 133 cm³/mol. The lowest BCUT2D eigenvalue weighted by molar-refractivity contribution is -0.133. The van der Waals surface area contributed by atoms with Crippen LogP contribution in [-0.2, 0) is 21.2 Å². The quantitative estimate of drug-likeness (QED) is 0.479. The lowest BCUT2D eigenvalue weighted by Crippen LogP contribution is -2.47. The highest BCUT2D eigenvalue weighted by atomic mass is 32.2. The maximum Gasteiger partial charge on any atom is 0.243 e. The Bertz CT molecular complexity index is 1230. The molecule has 3 aromatic rings. The smallest absolute Gasteiger partial charge is 0.243 e. The monoisotopic (exact) mass is 482 g/mol. The normalized spacial score (nSPS) is 16.1. The Balaban J connectivity index is 1.66. The molecule has 5 nitrogen and oxygen atoms in total. The topological polar surface area (TPSA) is 57.7 Å². The van der Waals surface area contributed by atoms with Crippen molar-refractivity contribution in [3.05, 3.63) is 87.1 Å². The van der Waals surface area contributed by atoms with Gasteiger partial charge in [-0.2, -0.15) is 4.31 Å². The first-order chi connectivity index (χ1) is 15.8. The van der Waals surface area contributed by atoms with Gasteiger partial charge in [0, 0.05) is 18.0 Å². The molecule has 1 aromatic heterocycles. The van der Waals surface area contributed by atoms with Crippen molar-refractivity contribution in [1.29, 1.82) is 0 Å². The molecule has 4 rings (SSSR count). The Morgan fingerprint density at radius 3 is 2.48 bits per heavy atom. The Morgan fingerprint density at radius 2 is 1.79 bits per heavy atom. The number of sulfonamides is 1.